The minimum atomic E-state index is -0.504. The highest BCUT2D eigenvalue weighted by Gasteiger charge is 2.32. The van der Waals surface area contributed by atoms with Crippen LogP contribution in [0.5, 0.6) is 5.88 Å². The molecule has 0 saturated heterocycles. The Bertz CT molecular complexity index is 928. The highest BCUT2D eigenvalue weighted by molar-refractivity contribution is 5.97. The molecule has 1 aromatic heterocycles. The predicted molar refractivity (Wildman–Crippen MR) is 172 cm³/mol. The minimum absolute atomic E-state index is 0.302. The first kappa shape index (κ1) is 35.9. The van der Waals surface area contributed by atoms with Crippen LogP contribution in [0.3, 0.4) is 0 Å². The van der Waals surface area contributed by atoms with Gasteiger partial charge in [-0.05, 0) is 39.0 Å². The molecule has 0 atom stereocenters. The second-order valence-electron chi connectivity index (χ2n) is 12.4. The number of nitrogens with two attached hydrogens (primary N) is 1. The number of unbranched alkanes of at least 4 members (excludes halogenated alkanes) is 15. The monoisotopic (exact) mass is 588 g/mol. The van der Waals surface area contributed by atoms with Gasteiger partial charge in [0.15, 0.2) is 0 Å². The summed E-state index contributed by atoms with van der Waals surface area (Å²) in [4.78, 5) is 25.7. The molecule has 7 heteroatoms. The summed E-state index contributed by atoms with van der Waals surface area (Å²) in [7, 11) is 0. The molecule has 42 heavy (non-hydrogen) atoms. The Hall–Kier alpha value is -2.31. The van der Waals surface area contributed by atoms with Gasteiger partial charge in [-0.2, -0.15) is 4.57 Å². The van der Waals surface area contributed by atoms with Crippen molar-refractivity contribution in [3.8, 4) is 5.88 Å². The quantitative estimate of drug-likeness (QED) is 0.0801. The summed E-state index contributed by atoms with van der Waals surface area (Å²) in [6.45, 7) is 9.40. The lowest BCUT2D eigenvalue weighted by Crippen LogP contribution is -2.43. The Morgan fingerprint density at radius 2 is 1.31 bits per heavy atom. The number of rotatable bonds is 22. The fourth-order valence-electron chi connectivity index (χ4n) is 6.20. The molecule has 1 aliphatic carbocycles. The van der Waals surface area contributed by atoms with Crippen molar-refractivity contribution >= 4 is 17.7 Å². The molecule has 3 N–H and O–H groups in total. The number of carbonyl (C=O) groups excluding carboxylic acids is 2. The molecule has 7 nitrogen and oxygen atoms in total. The average molecular weight is 589 g/mol. The van der Waals surface area contributed by atoms with Gasteiger partial charge in [-0.3, -0.25) is 0 Å². The molecule has 0 aromatic carbocycles. The summed E-state index contributed by atoms with van der Waals surface area (Å²) in [5.41, 5.74) is 8.28. The van der Waals surface area contributed by atoms with Gasteiger partial charge in [0.1, 0.15) is 17.8 Å². The van der Waals surface area contributed by atoms with Gasteiger partial charge in [-0.1, -0.05) is 116 Å². The lowest BCUT2D eigenvalue weighted by atomic mass is 10.0. The fourth-order valence-corrected chi connectivity index (χ4v) is 6.20. The number of hydrogen-bond donors (Lipinski definition) is 2. The van der Waals surface area contributed by atoms with Crippen molar-refractivity contribution in [3.63, 3.8) is 0 Å². The van der Waals surface area contributed by atoms with Crippen molar-refractivity contribution in [1.82, 2.24) is 5.32 Å². The molecule has 1 aromatic rings. The number of nitrogens with one attached hydrogen (secondary N) is 1. The first-order chi connectivity index (χ1) is 20.4. The van der Waals surface area contributed by atoms with Crippen LogP contribution in [-0.2, 0) is 11.3 Å². The number of hydrogen-bond acceptors (Lipinski definition) is 5. The zero-order valence-electron chi connectivity index (χ0n) is 27.5. The van der Waals surface area contributed by atoms with Gasteiger partial charge >= 0.3 is 17.9 Å². The summed E-state index contributed by atoms with van der Waals surface area (Å²) >= 11 is 0. The zero-order chi connectivity index (χ0) is 30.6. The fraction of sp³-hybridized carbons (Fsp3) is 0.800. The van der Waals surface area contributed by atoms with E-state index in [1.54, 1.807) is 6.92 Å². The van der Waals surface area contributed by atoms with Gasteiger partial charge in [0.05, 0.1) is 12.2 Å². The molecule has 0 radical (unpaired) electrons. The molecule has 0 bridgehead atoms. The third-order valence-electron chi connectivity index (χ3n) is 8.94. The first-order valence-electron chi connectivity index (χ1n) is 17.4. The number of esters is 1. The number of anilines is 1. The Kier molecular flexibility index (Phi) is 18.3. The van der Waals surface area contributed by atoms with Crippen LogP contribution in [0.4, 0.5) is 10.5 Å². The van der Waals surface area contributed by atoms with Crippen LogP contribution in [-0.4, -0.2) is 25.2 Å². The zero-order valence-corrected chi connectivity index (χ0v) is 27.5. The van der Waals surface area contributed by atoms with Crippen LogP contribution in [0.2, 0.25) is 0 Å². The molecule has 1 aliphatic rings. The summed E-state index contributed by atoms with van der Waals surface area (Å²) in [6.07, 6.45) is 25.2. The number of pyridine rings is 1. The van der Waals surface area contributed by atoms with Gasteiger partial charge in [-0.15, -0.1) is 0 Å². The summed E-state index contributed by atoms with van der Waals surface area (Å²) in [6, 6.07) is 0. The molecule has 1 heterocycles. The smallest absolute Gasteiger partial charge is 0.416 e. The number of amides is 1. The molecular weight excluding hydrogens is 526 g/mol. The van der Waals surface area contributed by atoms with E-state index in [9.17, 15) is 9.59 Å². The minimum Gasteiger partial charge on any atom is -0.462 e. The van der Waals surface area contributed by atoms with Crippen LogP contribution in [0.25, 0.3) is 0 Å². The van der Waals surface area contributed by atoms with Crippen molar-refractivity contribution in [2.75, 3.05) is 18.9 Å². The van der Waals surface area contributed by atoms with Crippen LogP contribution in [0.1, 0.15) is 164 Å². The van der Waals surface area contributed by atoms with E-state index in [0.29, 0.717) is 54.0 Å². The van der Waals surface area contributed by atoms with E-state index in [-0.39, 0.29) is 0 Å². The van der Waals surface area contributed by atoms with Crippen molar-refractivity contribution in [3.05, 3.63) is 16.8 Å². The number of aromatic nitrogens is 1. The summed E-state index contributed by atoms with van der Waals surface area (Å²) in [5, 5.41) is 2.88. The standard InChI is InChI=1S/C35H61N3O4/c1-5-7-8-9-10-11-12-13-14-15-16-17-18-19-20-23-26-37-35(40)42-33-28(3)31(32(36)29(4)38(33)6-2)34(39)41-27-30-24-21-22-25-30/h30H,5-27H2,1-4H3,(H2-,36,37,39,40)/p+1. The Labute approximate surface area is 256 Å². The van der Waals surface area contributed by atoms with E-state index < -0.39 is 12.1 Å². The number of ether oxygens (including phenoxy) is 2. The van der Waals surface area contributed by atoms with E-state index in [4.69, 9.17) is 15.2 Å². The molecule has 240 valence electrons. The first-order valence-corrected chi connectivity index (χ1v) is 17.4. The lowest BCUT2D eigenvalue weighted by molar-refractivity contribution is -0.702. The van der Waals surface area contributed by atoms with Gasteiger partial charge in [0, 0.05) is 13.5 Å². The number of nitrogens with zero attached hydrogens (tertiary/aromatic N) is 1. The Morgan fingerprint density at radius 1 is 0.810 bits per heavy atom. The topological polar surface area (TPSA) is 94.5 Å². The van der Waals surface area contributed by atoms with Gasteiger partial charge < -0.3 is 20.5 Å². The second kappa shape index (κ2) is 21.4. The second-order valence-corrected chi connectivity index (χ2v) is 12.4. The predicted octanol–water partition coefficient (Wildman–Crippen LogP) is 8.89. The molecule has 1 amide bonds. The largest absolute Gasteiger partial charge is 0.462 e. The van der Waals surface area contributed by atoms with Crippen LogP contribution >= 0.6 is 0 Å². The van der Waals surface area contributed by atoms with Crippen molar-refractivity contribution in [2.24, 2.45) is 5.92 Å². The van der Waals surface area contributed by atoms with Crippen LogP contribution in [0.15, 0.2) is 0 Å². The summed E-state index contributed by atoms with van der Waals surface area (Å²) < 4.78 is 13.2. The van der Waals surface area contributed by atoms with E-state index in [1.165, 1.54) is 103 Å². The molecule has 2 rings (SSSR count). The molecule has 1 saturated carbocycles. The molecule has 1 fully saturated rings. The maximum absolute atomic E-state index is 13.0. The maximum atomic E-state index is 13.0. The highest BCUT2D eigenvalue weighted by atomic mass is 16.6. The summed E-state index contributed by atoms with van der Waals surface area (Å²) in [5.74, 6) is 0.329. The highest BCUT2D eigenvalue weighted by Crippen LogP contribution is 2.29. The van der Waals surface area contributed by atoms with Crippen molar-refractivity contribution in [1.29, 1.82) is 0 Å². The normalized spacial score (nSPS) is 13.4. The van der Waals surface area contributed by atoms with Gasteiger partial charge in [0.25, 0.3) is 0 Å². The van der Waals surface area contributed by atoms with E-state index in [1.807, 2.05) is 18.4 Å². The van der Waals surface area contributed by atoms with Crippen molar-refractivity contribution in [2.45, 2.75) is 163 Å². The molecular formula is C35H62N3O4+. The van der Waals surface area contributed by atoms with Crippen LogP contribution < -0.4 is 20.4 Å². The third-order valence-corrected chi connectivity index (χ3v) is 8.94. The van der Waals surface area contributed by atoms with E-state index in [0.717, 1.165) is 25.7 Å². The van der Waals surface area contributed by atoms with Crippen molar-refractivity contribution < 1.29 is 23.6 Å². The van der Waals surface area contributed by atoms with Gasteiger partial charge in [0.2, 0.25) is 5.69 Å². The van der Waals surface area contributed by atoms with E-state index >= 15 is 0 Å². The number of carbonyl (C=O) groups is 2. The molecule has 0 spiro atoms. The SMILES string of the molecule is CCCCCCCCCCCCCCCCCCNC(=O)Oc1c(C)c(C(=O)OCC2CCCC2)c(N)c(C)[n+]1CC. The third kappa shape index (κ3) is 12.9. The van der Waals surface area contributed by atoms with Crippen LogP contribution in [0, 0.1) is 19.8 Å². The average Bonchev–Trinajstić information content (AvgIpc) is 3.50. The van der Waals surface area contributed by atoms with E-state index in [2.05, 4.69) is 12.2 Å². The lowest BCUT2D eigenvalue weighted by Gasteiger charge is -2.16. The molecule has 0 aliphatic heterocycles. The maximum Gasteiger partial charge on any atom is 0.416 e. The van der Waals surface area contributed by atoms with Gasteiger partial charge in [-0.25, -0.2) is 9.59 Å². The Morgan fingerprint density at radius 3 is 1.81 bits per heavy atom. The molecule has 0 unspecified atom stereocenters. The Balaban J connectivity index is 1.64. The number of nitrogen functional groups attached to an aromatic ring is 1.